The van der Waals surface area contributed by atoms with E-state index in [2.05, 4.69) is 21.3 Å². The fourth-order valence-electron chi connectivity index (χ4n) is 4.50. The molecule has 4 heterocycles. The summed E-state index contributed by atoms with van der Waals surface area (Å²) in [7, 11) is 0. The van der Waals surface area contributed by atoms with Crippen LogP contribution < -0.4 is 0 Å². The lowest BCUT2D eigenvalue weighted by Crippen LogP contribution is -2.20. The Morgan fingerprint density at radius 2 is 1.88 bits per heavy atom. The van der Waals surface area contributed by atoms with Crippen molar-refractivity contribution in [3.8, 4) is 11.3 Å². The summed E-state index contributed by atoms with van der Waals surface area (Å²) < 4.78 is 23.1. The lowest BCUT2D eigenvalue weighted by atomic mass is 9.92. The van der Waals surface area contributed by atoms with Gasteiger partial charge < -0.3 is 4.74 Å². The number of benzene rings is 1. The van der Waals surface area contributed by atoms with E-state index >= 15 is 0 Å². The van der Waals surface area contributed by atoms with Crippen LogP contribution in [-0.4, -0.2) is 36.3 Å². The number of hydrogen-bond donors (Lipinski definition) is 0. The molecule has 6 rings (SSSR count). The summed E-state index contributed by atoms with van der Waals surface area (Å²) in [6.07, 6.45) is 7.79. The summed E-state index contributed by atoms with van der Waals surface area (Å²) in [5, 5.41) is 4.85. The summed E-state index contributed by atoms with van der Waals surface area (Å²) in [6.45, 7) is 4.37. The molecule has 0 N–H and O–H groups in total. The molecule has 0 radical (unpaired) electrons. The van der Waals surface area contributed by atoms with E-state index in [4.69, 9.17) is 26.3 Å². The molecule has 1 unspecified atom stereocenters. The summed E-state index contributed by atoms with van der Waals surface area (Å²) in [5.74, 6) is 0.234. The number of fused-ring (bicyclic) bond motifs is 1. The number of hydrogen-bond acceptors (Lipinski definition) is 6. The third kappa shape index (κ3) is 3.95. The van der Waals surface area contributed by atoms with Crippen molar-refractivity contribution in [1.82, 2.24) is 29.7 Å². The minimum atomic E-state index is -0.448. The first-order valence-electron chi connectivity index (χ1n) is 11.6. The van der Waals surface area contributed by atoms with Gasteiger partial charge in [0, 0.05) is 34.9 Å². The van der Waals surface area contributed by atoms with Crippen LogP contribution in [0.25, 0.3) is 22.4 Å². The Hall–Kier alpha value is -2.97. The first kappa shape index (κ1) is 21.6. The quantitative estimate of drug-likeness (QED) is 0.376. The minimum absolute atomic E-state index is 0.0462. The molecule has 1 aliphatic heterocycles. The van der Waals surface area contributed by atoms with Gasteiger partial charge in [-0.1, -0.05) is 11.6 Å². The number of aryl methyl sites for hydroxylation is 2. The van der Waals surface area contributed by atoms with Gasteiger partial charge in [-0.05, 0) is 57.7 Å². The van der Waals surface area contributed by atoms with E-state index in [1.807, 2.05) is 24.7 Å². The number of halogens is 2. The second-order valence-electron chi connectivity index (χ2n) is 9.19. The second kappa shape index (κ2) is 8.36. The average Bonchev–Trinajstić information content (AvgIpc) is 3.56. The summed E-state index contributed by atoms with van der Waals surface area (Å²) in [5.41, 5.74) is 4.37. The largest absolute Gasteiger partial charge is 0.373 e. The molecule has 2 aliphatic rings. The molecular weight excluding hydrogens is 455 g/mol. The highest BCUT2D eigenvalue weighted by molar-refractivity contribution is 6.30. The smallest absolute Gasteiger partial charge is 0.182 e. The standard InChI is InChI=1S/C25H24ClFN6O/c1-13-14(2)30-25-23(29-13)22(19-6-3-17(26)10-20(19)27)31-24(32-25)15-7-8-34-21(9-15)16-11-28-33(12-16)18-4-5-18/h3,6,10-12,15,18,21H,4-5,7-9H2,1-2H3/t15-,21?/m0/s1. The molecule has 174 valence electrons. The zero-order chi connectivity index (χ0) is 23.4. The molecule has 9 heteroatoms. The number of ether oxygens (including phenoxy) is 1. The van der Waals surface area contributed by atoms with Gasteiger partial charge in [-0.2, -0.15) is 5.10 Å². The number of aromatic nitrogens is 6. The molecule has 34 heavy (non-hydrogen) atoms. The van der Waals surface area contributed by atoms with Crippen LogP contribution in [0.2, 0.25) is 5.02 Å². The van der Waals surface area contributed by atoms with Crippen molar-refractivity contribution in [2.75, 3.05) is 6.61 Å². The van der Waals surface area contributed by atoms with Crippen LogP contribution in [0.5, 0.6) is 0 Å². The van der Waals surface area contributed by atoms with E-state index in [9.17, 15) is 4.39 Å². The third-order valence-electron chi connectivity index (χ3n) is 6.71. The molecule has 2 atom stereocenters. The maximum atomic E-state index is 15.0. The second-order valence-corrected chi connectivity index (χ2v) is 9.62. The lowest BCUT2D eigenvalue weighted by Gasteiger charge is -2.28. The Balaban J connectivity index is 1.41. The van der Waals surface area contributed by atoms with Crippen LogP contribution >= 0.6 is 11.6 Å². The van der Waals surface area contributed by atoms with Gasteiger partial charge >= 0.3 is 0 Å². The SMILES string of the molecule is Cc1nc2nc([C@H]3CCOC(c4cnn(C5CC5)c4)C3)nc(-c3ccc(Cl)cc3F)c2nc1C. The van der Waals surface area contributed by atoms with E-state index in [0.29, 0.717) is 45.9 Å². The van der Waals surface area contributed by atoms with Crippen LogP contribution in [0, 0.1) is 19.7 Å². The molecule has 1 saturated carbocycles. The normalized spacial score (nSPS) is 20.7. The predicted molar refractivity (Wildman–Crippen MR) is 126 cm³/mol. The van der Waals surface area contributed by atoms with E-state index in [1.54, 1.807) is 12.1 Å². The van der Waals surface area contributed by atoms with Crippen LogP contribution in [0.1, 0.15) is 66.5 Å². The van der Waals surface area contributed by atoms with Crippen molar-refractivity contribution < 1.29 is 9.13 Å². The van der Waals surface area contributed by atoms with Crippen LogP contribution in [0.15, 0.2) is 30.6 Å². The van der Waals surface area contributed by atoms with Gasteiger partial charge in [-0.3, -0.25) is 4.68 Å². The Morgan fingerprint density at radius 3 is 2.68 bits per heavy atom. The number of nitrogens with zero attached hydrogens (tertiary/aromatic N) is 6. The van der Waals surface area contributed by atoms with Gasteiger partial charge in [0.15, 0.2) is 5.65 Å². The summed E-state index contributed by atoms with van der Waals surface area (Å²) >= 11 is 6.00. The summed E-state index contributed by atoms with van der Waals surface area (Å²) in [6, 6.07) is 5.11. The fourth-order valence-corrected chi connectivity index (χ4v) is 4.66. The zero-order valence-electron chi connectivity index (χ0n) is 19.0. The van der Waals surface area contributed by atoms with Gasteiger partial charge in [0.05, 0.1) is 29.7 Å². The molecular formula is C25H24ClFN6O. The van der Waals surface area contributed by atoms with Crippen LogP contribution in [0.3, 0.4) is 0 Å². The van der Waals surface area contributed by atoms with E-state index in [-0.39, 0.29) is 12.0 Å². The monoisotopic (exact) mass is 478 g/mol. The predicted octanol–water partition coefficient (Wildman–Crippen LogP) is 5.66. The van der Waals surface area contributed by atoms with Crippen molar-refractivity contribution in [3.63, 3.8) is 0 Å². The summed E-state index contributed by atoms with van der Waals surface area (Å²) in [4.78, 5) is 19.0. The van der Waals surface area contributed by atoms with Gasteiger partial charge in [-0.25, -0.2) is 24.3 Å². The molecule has 1 aliphatic carbocycles. The first-order valence-corrected chi connectivity index (χ1v) is 12.0. The Bertz CT molecular complexity index is 1400. The molecule has 2 fully saturated rings. The van der Waals surface area contributed by atoms with Crippen molar-refractivity contribution in [3.05, 3.63) is 64.2 Å². The van der Waals surface area contributed by atoms with Gasteiger partial charge in [0.25, 0.3) is 0 Å². The minimum Gasteiger partial charge on any atom is -0.373 e. The molecule has 1 aromatic carbocycles. The first-order chi connectivity index (χ1) is 16.5. The van der Waals surface area contributed by atoms with E-state index in [1.165, 1.54) is 18.9 Å². The molecule has 7 nitrogen and oxygen atoms in total. The molecule has 1 saturated heterocycles. The Labute approximate surface area is 201 Å². The lowest BCUT2D eigenvalue weighted by molar-refractivity contribution is 0.00396. The average molecular weight is 479 g/mol. The molecule has 4 aromatic rings. The molecule has 0 bridgehead atoms. The topological polar surface area (TPSA) is 78.6 Å². The Morgan fingerprint density at radius 1 is 1.06 bits per heavy atom. The van der Waals surface area contributed by atoms with Gasteiger partial charge in [0.2, 0.25) is 0 Å². The highest BCUT2D eigenvalue weighted by Gasteiger charge is 2.31. The molecule has 0 amide bonds. The van der Waals surface area contributed by atoms with Crippen molar-refractivity contribution in [2.24, 2.45) is 0 Å². The highest BCUT2D eigenvalue weighted by Crippen LogP contribution is 2.40. The van der Waals surface area contributed by atoms with Crippen LogP contribution in [0.4, 0.5) is 4.39 Å². The third-order valence-corrected chi connectivity index (χ3v) is 6.94. The van der Waals surface area contributed by atoms with E-state index < -0.39 is 5.82 Å². The van der Waals surface area contributed by atoms with E-state index in [0.717, 1.165) is 29.8 Å². The fraction of sp³-hybridized carbons (Fsp3) is 0.400. The zero-order valence-corrected chi connectivity index (χ0v) is 19.8. The maximum absolute atomic E-state index is 15.0. The van der Waals surface area contributed by atoms with Crippen molar-refractivity contribution in [2.45, 2.75) is 57.6 Å². The van der Waals surface area contributed by atoms with Gasteiger partial charge in [0.1, 0.15) is 22.9 Å². The van der Waals surface area contributed by atoms with Crippen molar-refractivity contribution >= 4 is 22.8 Å². The van der Waals surface area contributed by atoms with Crippen molar-refractivity contribution in [1.29, 1.82) is 0 Å². The maximum Gasteiger partial charge on any atom is 0.182 e. The van der Waals surface area contributed by atoms with Gasteiger partial charge in [-0.15, -0.1) is 0 Å². The number of rotatable bonds is 4. The highest BCUT2D eigenvalue weighted by atomic mass is 35.5. The molecule has 0 spiro atoms. The van der Waals surface area contributed by atoms with Crippen LogP contribution in [-0.2, 0) is 4.74 Å². The molecule has 3 aromatic heterocycles. The Kier molecular flexibility index (Phi) is 5.30.